The first-order chi connectivity index (χ1) is 6.86. The van der Waals surface area contributed by atoms with E-state index in [4.69, 9.17) is 14.7 Å². The number of hydroxylamine groups is 1. The van der Waals surface area contributed by atoms with Crippen molar-refractivity contribution in [1.82, 2.24) is 5.48 Å². The number of hydrogen-bond acceptors (Lipinski definition) is 4. The van der Waals surface area contributed by atoms with Gasteiger partial charge in [-0.2, -0.15) is 0 Å². The highest BCUT2D eigenvalue weighted by molar-refractivity contribution is 5.31. The summed E-state index contributed by atoms with van der Waals surface area (Å²) >= 11 is 0. The summed E-state index contributed by atoms with van der Waals surface area (Å²) in [6, 6.07) is 7.38. The Morgan fingerprint density at radius 3 is 2.21 bits per heavy atom. The van der Waals surface area contributed by atoms with Gasteiger partial charge in [0.25, 0.3) is 0 Å². The SMILES string of the molecule is CCOc1ccc(OCCNO)cc1. The van der Waals surface area contributed by atoms with E-state index in [-0.39, 0.29) is 0 Å². The third-order valence-corrected chi connectivity index (χ3v) is 1.62. The van der Waals surface area contributed by atoms with Crippen LogP contribution in [0.3, 0.4) is 0 Å². The van der Waals surface area contributed by atoms with E-state index in [0.29, 0.717) is 19.8 Å². The maximum Gasteiger partial charge on any atom is 0.119 e. The van der Waals surface area contributed by atoms with Crippen molar-refractivity contribution in [3.05, 3.63) is 24.3 Å². The molecule has 0 fully saturated rings. The molecule has 0 aromatic heterocycles. The average molecular weight is 197 g/mol. The Balaban J connectivity index is 2.38. The molecular weight excluding hydrogens is 182 g/mol. The van der Waals surface area contributed by atoms with Crippen molar-refractivity contribution in [2.45, 2.75) is 6.92 Å². The van der Waals surface area contributed by atoms with Crippen LogP contribution in [0.15, 0.2) is 24.3 Å². The van der Waals surface area contributed by atoms with Crippen LogP contribution in [0.1, 0.15) is 6.92 Å². The number of rotatable bonds is 6. The second-order valence-corrected chi connectivity index (χ2v) is 2.66. The molecular formula is C10H15NO3. The highest BCUT2D eigenvalue weighted by Gasteiger charge is 1.94. The number of benzene rings is 1. The van der Waals surface area contributed by atoms with Crippen LogP contribution in [0.5, 0.6) is 11.5 Å². The van der Waals surface area contributed by atoms with Gasteiger partial charge in [-0.15, -0.1) is 0 Å². The smallest absolute Gasteiger partial charge is 0.119 e. The zero-order valence-corrected chi connectivity index (χ0v) is 8.19. The predicted molar refractivity (Wildman–Crippen MR) is 52.9 cm³/mol. The monoisotopic (exact) mass is 197 g/mol. The summed E-state index contributed by atoms with van der Waals surface area (Å²) in [4.78, 5) is 0. The molecule has 0 amide bonds. The third kappa shape index (κ3) is 3.64. The minimum Gasteiger partial charge on any atom is -0.494 e. The fraction of sp³-hybridized carbons (Fsp3) is 0.400. The fourth-order valence-electron chi connectivity index (χ4n) is 1.01. The van der Waals surface area contributed by atoms with Gasteiger partial charge in [0.1, 0.15) is 18.1 Å². The molecule has 0 aliphatic heterocycles. The second-order valence-electron chi connectivity index (χ2n) is 2.66. The highest BCUT2D eigenvalue weighted by Crippen LogP contribution is 2.17. The largest absolute Gasteiger partial charge is 0.494 e. The zero-order chi connectivity index (χ0) is 10.2. The summed E-state index contributed by atoms with van der Waals surface area (Å²) in [5, 5.41) is 8.31. The van der Waals surface area contributed by atoms with E-state index in [1.807, 2.05) is 36.7 Å². The van der Waals surface area contributed by atoms with E-state index < -0.39 is 0 Å². The van der Waals surface area contributed by atoms with Crippen molar-refractivity contribution in [3.63, 3.8) is 0 Å². The summed E-state index contributed by atoms with van der Waals surface area (Å²) in [5.41, 5.74) is 2.02. The standard InChI is InChI=1S/C10H15NO3/c1-2-13-9-3-5-10(6-4-9)14-8-7-11-12/h3-6,11-12H,2,7-8H2,1H3. The van der Waals surface area contributed by atoms with Crippen molar-refractivity contribution in [2.24, 2.45) is 0 Å². The topological polar surface area (TPSA) is 50.7 Å². The molecule has 4 heteroatoms. The molecule has 1 rings (SSSR count). The van der Waals surface area contributed by atoms with E-state index in [9.17, 15) is 0 Å². The quantitative estimate of drug-likeness (QED) is 0.535. The molecule has 0 heterocycles. The summed E-state index contributed by atoms with van der Waals surface area (Å²) in [7, 11) is 0. The first-order valence-electron chi connectivity index (χ1n) is 4.59. The molecule has 0 unspecified atom stereocenters. The lowest BCUT2D eigenvalue weighted by atomic mass is 10.3. The van der Waals surface area contributed by atoms with Crippen molar-refractivity contribution in [3.8, 4) is 11.5 Å². The first-order valence-corrected chi connectivity index (χ1v) is 4.59. The van der Waals surface area contributed by atoms with Gasteiger partial charge < -0.3 is 14.7 Å². The van der Waals surface area contributed by atoms with Gasteiger partial charge in [-0.3, -0.25) is 0 Å². The highest BCUT2D eigenvalue weighted by atomic mass is 16.5. The Kier molecular flexibility index (Phi) is 4.82. The molecule has 0 atom stereocenters. The van der Waals surface area contributed by atoms with E-state index in [2.05, 4.69) is 0 Å². The molecule has 1 aromatic carbocycles. The fourth-order valence-corrected chi connectivity index (χ4v) is 1.01. The maximum absolute atomic E-state index is 8.31. The van der Waals surface area contributed by atoms with E-state index in [1.165, 1.54) is 0 Å². The number of nitrogens with one attached hydrogen (secondary N) is 1. The van der Waals surface area contributed by atoms with Crippen molar-refractivity contribution < 1.29 is 14.7 Å². The van der Waals surface area contributed by atoms with Crippen LogP contribution in [0.4, 0.5) is 0 Å². The van der Waals surface area contributed by atoms with Gasteiger partial charge in [0.15, 0.2) is 0 Å². The molecule has 2 N–H and O–H groups in total. The average Bonchev–Trinajstić information content (AvgIpc) is 2.21. The minimum atomic E-state index is 0.410. The lowest BCUT2D eigenvalue weighted by Crippen LogP contribution is -2.16. The number of hydrogen-bond donors (Lipinski definition) is 2. The van der Waals surface area contributed by atoms with Gasteiger partial charge in [0.05, 0.1) is 13.2 Å². The Morgan fingerprint density at radius 1 is 1.14 bits per heavy atom. The zero-order valence-electron chi connectivity index (χ0n) is 8.19. The molecule has 1 aromatic rings. The van der Waals surface area contributed by atoms with Gasteiger partial charge in [0, 0.05) is 0 Å². The second kappa shape index (κ2) is 6.23. The molecule has 0 aliphatic rings. The van der Waals surface area contributed by atoms with E-state index >= 15 is 0 Å². The van der Waals surface area contributed by atoms with Crippen molar-refractivity contribution >= 4 is 0 Å². The van der Waals surface area contributed by atoms with Crippen molar-refractivity contribution in [1.29, 1.82) is 0 Å². The van der Waals surface area contributed by atoms with Crippen LogP contribution in [0.2, 0.25) is 0 Å². The Hall–Kier alpha value is -1.26. The van der Waals surface area contributed by atoms with Gasteiger partial charge in [-0.1, -0.05) is 0 Å². The Labute approximate surface area is 83.4 Å². The molecule has 0 spiro atoms. The molecule has 0 saturated carbocycles. The summed E-state index contributed by atoms with van der Waals surface area (Å²) in [6.07, 6.45) is 0. The normalized spacial score (nSPS) is 9.86. The Morgan fingerprint density at radius 2 is 1.71 bits per heavy atom. The Bertz CT molecular complexity index is 248. The molecule has 4 nitrogen and oxygen atoms in total. The van der Waals surface area contributed by atoms with Gasteiger partial charge in [0.2, 0.25) is 0 Å². The van der Waals surface area contributed by atoms with Gasteiger partial charge in [-0.25, -0.2) is 5.48 Å². The molecule has 14 heavy (non-hydrogen) atoms. The van der Waals surface area contributed by atoms with Crippen LogP contribution in [-0.4, -0.2) is 25.0 Å². The molecule has 78 valence electrons. The van der Waals surface area contributed by atoms with Crippen LogP contribution in [-0.2, 0) is 0 Å². The van der Waals surface area contributed by atoms with Gasteiger partial charge >= 0.3 is 0 Å². The summed E-state index contributed by atoms with van der Waals surface area (Å²) in [5.74, 6) is 1.60. The van der Waals surface area contributed by atoms with Crippen LogP contribution >= 0.6 is 0 Å². The summed E-state index contributed by atoms with van der Waals surface area (Å²) in [6.45, 7) is 3.45. The lowest BCUT2D eigenvalue weighted by Gasteiger charge is -2.06. The van der Waals surface area contributed by atoms with E-state index in [0.717, 1.165) is 11.5 Å². The van der Waals surface area contributed by atoms with Crippen molar-refractivity contribution in [2.75, 3.05) is 19.8 Å². The molecule has 0 radical (unpaired) electrons. The first kappa shape index (κ1) is 10.8. The maximum atomic E-state index is 8.31. The number of ether oxygens (including phenoxy) is 2. The van der Waals surface area contributed by atoms with E-state index in [1.54, 1.807) is 0 Å². The lowest BCUT2D eigenvalue weighted by molar-refractivity contribution is 0.145. The van der Waals surface area contributed by atoms with Crippen LogP contribution in [0, 0.1) is 0 Å². The van der Waals surface area contributed by atoms with Gasteiger partial charge in [-0.05, 0) is 31.2 Å². The molecule has 0 aliphatic carbocycles. The molecule has 0 saturated heterocycles. The van der Waals surface area contributed by atoms with Crippen LogP contribution in [0.25, 0.3) is 0 Å². The minimum absolute atomic E-state index is 0.410. The third-order valence-electron chi connectivity index (χ3n) is 1.62. The molecule has 0 bridgehead atoms. The predicted octanol–water partition coefficient (Wildman–Crippen LogP) is 1.44. The van der Waals surface area contributed by atoms with Crippen LogP contribution < -0.4 is 15.0 Å². The summed E-state index contributed by atoms with van der Waals surface area (Å²) < 4.78 is 10.6.